The van der Waals surface area contributed by atoms with Crippen LogP contribution in [-0.4, -0.2) is 53.4 Å². The van der Waals surface area contributed by atoms with Crippen LogP contribution in [0.1, 0.15) is 63.4 Å². The Morgan fingerprint density at radius 2 is 1.91 bits per heavy atom. The number of methoxy groups -OCH3 is 2. The van der Waals surface area contributed by atoms with Crippen LogP contribution in [0.2, 0.25) is 18.1 Å². The fraction of sp³-hybridized carbons (Fsp3) is 0.654. The van der Waals surface area contributed by atoms with E-state index in [-0.39, 0.29) is 30.0 Å². The molecule has 0 fully saturated rings. The first-order valence-electron chi connectivity index (χ1n) is 11.8. The molecule has 6 nitrogen and oxygen atoms in total. The van der Waals surface area contributed by atoms with Crippen LogP contribution in [0.3, 0.4) is 0 Å². The van der Waals surface area contributed by atoms with Crippen LogP contribution in [0.4, 0.5) is 0 Å². The second kappa shape index (κ2) is 11.5. The molecule has 0 aliphatic carbocycles. The maximum absolute atomic E-state index is 12.9. The van der Waals surface area contributed by atoms with Crippen LogP contribution in [0.15, 0.2) is 24.3 Å². The molecule has 0 aromatic heterocycles. The summed E-state index contributed by atoms with van der Waals surface area (Å²) >= 11 is 0. The van der Waals surface area contributed by atoms with Gasteiger partial charge in [-0.1, -0.05) is 32.9 Å². The Bertz CT molecular complexity index is 827. The Hall–Kier alpha value is -1.83. The lowest BCUT2D eigenvalue weighted by Gasteiger charge is -2.40. The van der Waals surface area contributed by atoms with Crippen molar-refractivity contribution in [3.63, 3.8) is 0 Å². The minimum absolute atomic E-state index is 0.0259. The minimum Gasteiger partial charge on any atom is -0.497 e. The summed E-state index contributed by atoms with van der Waals surface area (Å²) in [5, 5.41) is 0.0534. The normalized spacial score (nSPS) is 19.8. The highest BCUT2D eigenvalue weighted by molar-refractivity contribution is 6.74. The monoisotopic (exact) mass is 478 g/mol. The molecule has 186 valence electrons. The molecule has 0 bridgehead atoms. The molecule has 33 heavy (non-hydrogen) atoms. The number of ether oxygens (including phenoxy) is 4. The number of carbonyl (C=O) groups excluding carboxylic acids is 1. The summed E-state index contributed by atoms with van der Waals surface area (Å²) < 4.78 is 29.4. The van der Waals surface area contributed by atoms with Crippen molar-refractivity contribution in [1.82, 2.24) is 0 Å². The van der Waals surface area contributed by atoms with Crippen molar-refractivity contribution in [2.24, 2.45) is 0 Å². The van der Waals surface area contributed by atoms with Gasteiger partial charge in [0, 0.05) is 12.5 Å². The van der Waals surface area contributed by atoms with Crippen molar-refractivity contribution in [2.45, 2.75) is 90.3 Å². The molecule has 1 heterocycles. The predicted molar refractivity (Wildman–Crippen MR) is 134 cm³/mol. The number of carbonyl (C=O) groups is 1. The molecule has 1 aromatic carbocycles. The van der Waals surface area contributed by atoms with Crippen LogP contribution in [0, 0.1) is 0 Å². The van der Waals surface area contributed by atoms with Crippen LogP contribution in [0.25, 0.3) is 0 Å². The third kappa shape index (κ3) is 7.32. The average Bonchev–Trinajstić information content (AvgIpc) is 2.72. The lowest BCUT2D eigenvalue weighted by atomic mass is 9.96. The molecule has 0 spiro atoms. The van der Waals surface area contributed by atoms with E-state index >= 15 is 0 Å². The lowest BCUT2D eigenvalue weighted by Crippen LogP contribution is -2.45. The molecular weight excluding hydrogens is 436 g/mol. The van der Waals surface area contributed by atoms with E-state index in [4.69, 9.17) is 23.4 Å². The van der Waals surface area contributed by atoms with Gasteiger partial charge in [0.15, 0.2) is 8.32 Å². The van der Waals surface area contributed by atoms with Gasteiger partial charge in [-0.2, -0.15) is 0 Å². The Kier molecular flexibility index (Phi) is 9.58. The quantitative estimate of drug-likeness (QED) is 0.236. The van der Waals surface area contributed by atoms with Crippen molar-refractivity contribution < 1.29 is 28.2 Å². The third-order valence-corrected chi connectivity index (χ3v) is 11.1. The molecule has 0 unspecified atom stereocenters. The van der Waals surface area contributed by atoms with Crippen molar-refractivity contribution in [3.05, 3.63) is 35.4 Å². The second-order valence-corrected chi connectivity index (χ2v) is 14.9. The summed E-state index contributed by atoms with van der Waals surface area (Å²) in [6, 6.07) is 3.60. The fourth-order valence-electron chi connectivity index (χ4n) is 3.75. The fourth-order valence-corrected chi connectivity index (χ4v) is 5.11. The van der Waals surface area contributed by atoms with E-state index in [9.17, 15) is 4.79 Å². The highest BCUT2D eigenvalue weighted by atomic mass is 28.4. The highest BCUT2D eigenvalue weighted by Gasteiger charge is 2.40. The minimum atomic E-state index is -2.09. The molecule has 7 heteroatoms. The van der Waals surface area contributed by atoms with E-state index in [1.165, 1.54) is 0 Å². The molecule has 0 amide bonds. The maximum atomic E-state index is 12.9. The highest BCUT2D eigenvalue weighted by Crippen LogP contribution is 2.39. The molecule has 1 aromatic rings. The van der Waals surface area contributed by atoms with Gasteiger partial charge in [-0.25, -0.2) is 4.79 Å². The molecule has 3 atom stereocenters. The van der Waals surface area contributed by atoms with E-state index in [0.29, 0.717) is 29.9 Å². The smallest absolute Gasteiger partial charge is 0.342 e. The first-order valence-corrected chi connectivity index (χ1v) is 14.7. The summed E-state index contributed by atoms with van der Waals surface area (Å²) in [5.74, 6) is 0.667. The molecule has 1 aliphatic heterocycles. The maximum Gasteiger partial charge on any atom is 0.342 e. The van der Waals surface area contributed by atoms with Gasteiger partial charge >= 0.3 is 5.97 Å². The van der Waals surface area contributed by atoms with Crippen molar-refractivity contribution in [1.29, 1.82) is 0 Å². The number of hydrogen-bond donors (Lipinski definition) is 0. The Morgan fingerprint density at radius 1 is 1.21 bits per heavy atom. The van der Waals surface area contributed by atoms with Gasteiger partial charge in [-0.15, -0.1) is 0 Å². The van der Waals surface area contributed by atoms with Gasteiger partial charge in [0.2, 0.25) is 0 Å². The molecule has 1 aliphatic rings. The standard InChI is InChI=1S/C26H42O6Si/c1-10-30-25(27)24-19(14-21(28-6)17-23(24)29-7)15-22(32-33(8,9)26(3,4)5)16-20-13-11-12-18(2)31-20/h11,13-14,17-18,20,22H,10,12,15-16H2,1-9H3/t18-,20+,22+/m0/s1. The topological polar surface area (TPSA) is 63.2 Å². The number of esters is 1. The lowest BCUT2D eigenvalue weighted by molar-refractivity contribution is -0.00697. The van der Waals surface area contributed by atoms with Crippen LogP contribution < -0.4 is 9.47 Å². The molecule has 0 radical (unpaired) electrons. The van der Waals surface area contributed by atoms with E-state index in [1.54, 1.807) is 27.2 Å². The van der Waals surface area contributed by atoms with Gasteiger partial charge in [0.25, 0.3) is 0 Å². The molecule has 2 rings (SSSR count). The van der Waals surface area contributed by atoms with E-state index in [1.807, 2.05) is 6.07 Å². The predicted octanol–water partition coefficient (Wildman–Crippen LogP) is 5.94. The van der Waals surface area contributed by atoms with E-state index in [2.05, 4.69) is 52.9 Å². The van der Waals surface area contributed by atoms with Crippen molar-refractivity contribution >= 4 is 14.3 Å². The average molecular weight is 479 g/mol. The van der Waals surface area contributed by atoms with Crippen LogP contribution in [0.5, 0.6) is 11.5 Å². The Labute approximate surface area is 200 Å². The first-order chi connectivity index (χ1) is 15.4. The Balaban J connectivity index is 2.47. The molecule has 0 saturated heterocycles. The molecule has 0 N–H and O–H groups in total. The van der Waals surface area contributed by atoms with Crippen molar-refractivity contribution in [2.75, 3.05) is 20.8 Å². The zero-order valence-electron chi connectivity index (χ0n) is 21.8. The zero-order valence-corrected chi connectivity index (χ0v) is 22.8. The van der Waals surface area contributed by atoms with Gasteiger partial charge in [0.05, 0.1) is 39.1 Å². The van der Waals surface area contributed by atoms with E-state index < -0.39 is 14.3 Å². The van der Waals surface area contributed by atoms with Crippen LogP contribution >= 0.6 is 0 Å². The summed E-state index contributed by atoms with van der Waals surface area (Å²) in [4.78, 5) is 12.9. The van der Waals surface area contributed by atoms with Crippen molar-refractivity contribution in [3.8, 4) is 11.5 Å². The zero-order chi connectivity index (χ0) is 24.8. The van der Waals surface area contributed by atoms with Gasteiger partial charge in [-0.05, 0) is 56.5 Å². The largest absolute Gasteiger partial charge is 0.497 e. The van der Waals surface area contributed by atoms with Gasteiger partial charge in [-0.3, -0.25) is 0 Å². The van der Waals surface area contributed by atoms with E-state index in [0.717, 1.165) is 12.0 Å². The summed E-state index contributed by atoms with van der Waals surface area (Å²) in [6.45, 7) is 15.4. The molecular formula is C26H42O6Si. The van der Waals surface area contributed by atoms with Gasteiger partial charge in [0.1, 0.15) is 17.1 Å². The summed E-state index contributed by atoms with van der Waals surface area (Å²) in [7, 11) is 1.07. The number of hydrogen-bond acceptors (Lipinski definition) is 6. The van der Waals surface area contributed by atoms with Gasteiger partial charge < -0.3 is 23.4 Å². The van der Waals surface area contributed by atoms with Crippen LogP contribution in [-0.2, 0) is 20.3 Å². The SMILES string of the molecule is CCOC(=O)c1c(C[C@H](C[C@H]2C=CC[C@H](C)O2)O[Si](C)(C)C(C)(C)C)cc(OC)cc1OC. The summed E-state index contributed by atoms with van der Waals surface area (Å²) in [5.41, 5.74) is 1.22. The third-order valence-electron chi connectivity index (χ3n) is 6.53. The number of rotatable bonds is 10. The second-order valence-electron chi connectivity index (χ2n) is 10.2. The molecule has 0 saturated carbocycles. The Morgan fingerprint density at radius 3 is 2.45 bits per heavy atom. The first kappa shape index (κ1) is 27.4. The number of benzene rings is 1. The summed E-state index contributed by atoms with van der Waals surface area (Å²) in [6.07, 6.45) is 6.47.